The first-order valence-corrected chi connectivity index (χ1v) is 7.90. The summed E-state index contributed by atoms with van der Waals surface area (Å²) < 4.78 is 37.0. The van der Waals surface area contributed by atoms with Gasteiger partial charge >= 0.3 is 0 Å². The molecule has 1 aromatic carbocycles. The summed E-state index contributed by atoms with van der Waals surface area (Å²) in [4.78, 5) is 11.8. The Hall–Kier alpha value is -1.18. The van der Waals surface area contributed by atoms with Gasteiger partial charge in [-0.3, -0.25) is 4.79 Å². The van der Waals surface area contributed by atoms with Gasteiger partial charge in [0.25, 0.3) is 0 Å². The van der Waals surface area contributed by atoms with Crippen molar-refractivity contribution in [1.29, 1.82) is 0 Å². The van der Waals surface area contributed by atoms with Gasteiger partial charge in [-0.1, -0.05) is 6.92 Å². The van der Waals surface area contributed by atoms with Gasteiger partial charge in [0.15, 0.2) is 9.84 Å². The van der Waals surface area contributed by atoms with Crippen molar-refractivity contribution in [2.75, 3.05) is 12.3 Å². The topological polar surface area (TPSA) is 89.3 Å². The molecule has 0 radical (unpaired) electrons. The SMILES string of the molecule is CC(CS(=O)(=O)c1ccc(F)cc1)C(=O)N[C@@H](C)CN.Cl. The lowest BCUT2D eigenvalue weighted by atomic mass is 10.2. The van der Waals surface area contributed by atoms with Gasteiger partial charge in [-0.05, 0) is 31.2 Å². The highest BCUT2D eigenvalue weighted by Gasteiger charge is 2.23. The second-order valence-corrected chi connectivity index (χ2v) is 6.82. The normalized spacial score (nSPS) is 13.9. The van der Waals surface area contributed by atoms with E-state index in [1.807, 2.05) is 0 Å². The molecule has 0 aliphatic heterocycles. The summed E-state index contributed by atoms with van der Waals surface area (Å²) >= 11 is 0. The fourth-order valence-corrected chi connectivity index (χ4v) is 3.14. The highest BCUT2D eigenvalue weighted by atomic mass is 35.5. The lowest BCUT2D eigenvalue weighted by molar-refractivity contribution is -0.124. The number of benzene rings is 1. The highest BCUT2D eigenvalue weighted by molar-refractivity contribution is 7.91. The van der Waals surface area contributed by atoms with Crippen LogP contribution in [0.5, 0.6) is 0 Å². The van der Waals surface area contributed by atoms with Crippen LogP contribution in [0.2, 0.25) is 0 Å². The average Bonchev–Trinajstić information content (AvgIpc) is 2.38. The van der Waals surface area contributed by atoms with E-state index in [1.54, 1.807) is 6.92 Å². The van der Waals surface area contributed by atoms with Crippen LogP contribution in [-0.2, 0) is 14.6 Å². The van der Waals surface area contributed by atoms with E-state index in [4.69, 9.17) is 5.73 Å². The number of halogens is 2. The van der Waals surface area contributed by atoms with Gasteiger partial charge < -0.3 is 11.1 Å². The van der Waals surface area contributed by atoms with Crippen LogP contribution in [0.15, 0.2) is 29.2 Å². The molecule has 1 amide bonds. The van der Waals surface area contributed by atoms with Crippen LogP contribution in [0.1, 0.15) is 13.8 Å². The van der Waals surface area contributed by atoms with E-state index in [2.05, 4.69) is 5.32 Å². The molecular formula is C13H20ClFN2O3S. The molecule has 0 saturated carbocycles. The number of sulfone groups is 1. The zero-order valence-electron chi connectivity index (χ0n) is 11.9. The van der Waals surface area contributed by atoms with Crippen LogP contribution < -0.4 is 11.1 Å². The van der Waals surface area contributed by atoms with E-state index in [1.165, 1.54) is 19.1 Å². The molecular weight excluding hydrogens is 319 g/mol. The molecule has 21 heavy (non-hydrogen) atoms. The molecule has 0 heterocycles. The predicted molar refractivity (Wildman–Crippen MR) is 81.5 cm³/mol. The van der Waals surface area contributed by atoms with Crippen molar-refractivity contribution in [2.24, 2.45) is 11.7 Å². The molecule has 0 spiro atoms. The summed E-state index contributed by atoms with van der Waals surface area (Å²) in [6.45, 7) is 3.54. The van der Waals surface area contributed by atoms with Crippen molar-refractivity contribution in [3.63, 3.8) is 0 Å². The Bertz CT molecular complexity index is 563. The minimum absolute atomic E-state index is 0. The Labute approximate surface area is 130 Å². The molecule has 0 aliphatic carbocycles. The van der Waals surface area contributed by atoms with Crippen molar-refractivity contribution in [3.8, 4) is 0 Å². The summed E-state index contributed by atoms with van der Waals surface area (Å²) in [5.41, 5.74) is 5.38. The maximum atomic E-state index is 12.8. The van der Waals surface area contributed by atoms with Crippen molar-refractivity contribution in [1.82, 2.24) is 5.32 Å². The van der Waals surface area contributed by atoms with E-state index in [0.717, 1.165) is 12.1 Å². The molecule has 0 saturated heterocycles. The first kappa shape index (κ1) is 19.8. The Kier molecular flexibility index (Phi) is 7.84. The molecule has 120 valence electrons. The average molecular weight is 339 g/mol. The third-order valence-corrected chi connectivity index (χ3v) is 4.76. The summed E-state index contributed by atoms with van der Waals surface area (Å²) in [7, 11) is -3.62. The quantitative estimate of drug-likeness (QED) is 0.761. The molecule has 2 atom stereocenters. The van der Waals surface area contributed by atoms with Crippen LogP contribution in [0.25, 0.3) is 0 Å². The number of carbonyl (C=O) groups excluding carboxylic acids is 1. The zero-order chi connectivity index (χ0) is 15.3. The Morgan fingerprint density at radius 3 is 2.29 bits per heavy atom. The summed E-state index contributed by atoms with van der Waals surface area (Å²) in [5.74, 6) is -1.92. The standard InChI is InChI=1S/C13H19FN2O3S.ClH/c1-9(13(17)16-10(2)7-15)8-20(18,19)12-5-3-11(14)4-6-12;/h3-6,9-10H,7-8,15H2,1-2H3,(H,16,17);1H/t9?,10-;/m0./s1. The first-order valence-electron chi connectivity index (χ1n) is 6.25. The molecule has 0 aromatic heterocycles. The minimum Gasteiger partial charge on any atom is -0.352 e. The van der Waals surface area contributed by atoms with Crippen LogP contribution in [0.4, 0.5) is 4.39 Å². The Morgan fingerprint density at radius 1 is 1.29 bits per heavy atom. The van der Waals surface area contributed by atoms with Gasteiger partial charge in [-0.25, -0.2) is 12.8 Å². The smallest absolute Gasteiger partial charge is 0.224 e. The van der Waals surface area contributed by atoms with E-state index in [9.17, 15) is 17.6 Å². The van der Waals surface area contributed by atoms with Crippen molar-refractivity contribution < 1.29 is 17.6 Å². The lowest BCUT2D eigenvalue weighted by Gasteiger charge is -2.16. The van der Waals surface area contributed by atoms with Gasteiger partial charge in [0.1, 0.15) is 5.82 Å². The van der Waals surface area contributed by atoms with Crippen molar-refractivity contribution in [3.05, 3.63) is 30.1 Å². The fourth-order valence-electron chi connectivity index (χ4n) is 1.59. The first-order chi connectivity index (χ1) is 9.26. The van der Waals surface area contributed by atoms with E-state index in [0.29, 0.717) is 0 Å². The lowest BCUT2D eigenvalue weighted by Crippen LogP contribution is -2.42. The number of nitrogens with one attached hydrogen (secondary N) is 1. The van der Waals surface area contributed by atoms with E-state index in [-0.39, 0.29) is 41.5 Å². The third-order valence-electron chi connectivity index (χ3n) is 2.83. The van der Waals surface area contributed by atoms with Crippen LogP contribution in [0.3, 0.4) is 0 Å². The minimum atomic E-state index is -3.62. The number of carbonyl (C=O) groups is 1. The second kappa shape index (κ2) is 8.31. The molecule has 0 fully saturated rings. The number of hydrogen-bond donors (Lipinski definition) is 2. The summed E-state index contributed by atoms with van der Waals surface area (Å²) in [6.07, 6.45) is 0. The van der Waals surface area contributed by atoms with Crippen molar-refractivity contribution >= 4 is 28.2 Å². The predicted octanol–water partition coefficient (Wildman–Crippen LogP) is 1.12. The third kappa shape index (κ3) is 5.99. The second-order valence-electron chi connectivity index (χ2n) is 4.78. The van der Waals surface area contributed by atoms with Crippen LogP contribution in [0, 0.1) is 11.7 Å². The van der Waals surface area contributed by atoms with Crippen LogP contribution >= 0.6 is 12.4 Å². The highest BCUT2D eigenvalue weighted by Crippen LogP contribution is 2.15. The molecule has 1 rings (SSSR count). The molecule has 5 nitrogen and oxygen atoms in total. The fraction of sp³-hybridized carbons (Fsp3) is 0.462. The summed E-state index contributed by atoms with van der Waals surface area (Å²) in [5, 5.41) is 2.62. The monoisotopic (exact) mass is 338 g/mol. The largest absolute Gasteiger partial charge is 0.352 e. The van der Waals surface area contributed by atoms with Gasteiger partial charge in [0, 0.05) is 18.5 Å². The van der Waals surface area contributed by atoms with Crippen molar-refractivity contribution in [2.45, 2.75) is 24.8 Å². The number of nitrogens with two attached hydrogens (primary N) is 1. The number of amides is 1. The number of rotatable bonds is 6. The molecule has 1 aromatic rings. The maximum absolute atomic E-state index is 12.8. The van der Waals surface area contributed by atoms with Crippen LogP contribution in [-0.4, -0.2) is 32.7 Å². The van der Waals surface area contributed by atoms with E-state index < -0.39 is 21.6 Å². The molecule has 1 unspecified atom stereocenters. The van der Waals surface area contributed by atoms with Gasteiger partial charge in [0.2, 0.25) is 5.91 Å². The Balaban J connectivity index is 0.00000400. The molecule has 0 bridgehead atoms. The van der Waals surface area contributed by atoms with Gasteiger partial charge in [-0.2, -0.15) is 0 Å². The molecule has 3 N–H and O–H groups in total. The maximum Gasteiger partial charge on any atom is 0.224 e. The zero-order valence-corrected chi connectivity index (χ0v) is 13.5. The van der Waals surface area contributed by atoms with Gasteiger partial charge in [-0.15, -0.1) is 12.4 Å². The summed E-state index contributed by atoms with van der Waals surface area (Å²) in [6, 6.07) is 4.33. The molecule has 8 heteroatoms. The Morgan fingerprint density at radius 2 is 1.81 bits per heavy atom. The van der Waals surface area contributed by atoms with Gasteiger partial charge in [0.05, 0.1) is 10.6 Å². The van der Waals surface area contributed by atoms with E-state index >= 15 is 0 Å². The number of hydrogen-bond acceptors (Lipinski definition) is 4. The molecule has 0 aliphatic rings.